The van der Waals surface area contributed by atoms with Crippen LogP contribution in [-0.4, -0.2) is 52.9 Å². The first kappa shape index (κ1) is 17.3. The van der Waals surface area contributed by atoms with Gasteiger partial charge in [-0.05, 0) is 31.7 Å². The minimum atomic E-state index is 0.162. The molecule has 1 aliphatic rings. The number of ether oxygens (including phenoxy) is 1. The molecule has 1 aliphatic heterocycles. The largest absolute Gasteiger partial charge is 0.381 e. The van der Waals surface area contributed by atoms with E-state index in [2.05, 4.69) is 10.8 Å². The molecular formula is C18H25N3O2S. The first-order valence-corrected chi connectivity index (χ1v) is 9.91. The second-order valence-corrected chi connectivity index (χ2v) is 7.06. The number of para-hydroxylation sites is 2. The average Bonchev–Trinajstić information content (AvgIpc) is 3.21. The third-order valence-corrected chi connectivity index (χ3v) is 5.08. The number of aromatic nitrogens is 2. The number of likely N-dealkylation sites (N-methyl/N-ethyl adjacent to an activating group) is 1. The van der Waals surface area contributed by atoms with E-state index in [1.54, 1.807) is 11.8 Å². The maximum atomic E-state index is 12.9. The topological polar surface area (TPSA) is 47.4 Å². The molecule has 0 unspecified atom stereocenters. The quantitative estimate of drug-likeness (QED) is 0.773. The summed E-state index contributed by atoms with van der Waals surface area (Å²) in [5.74, 6) is 2.41. The van der Waals surface area contributed by atoms with Gasteiger partial charge in [0.25, 0.3) is 0 Å². The normalized spacial score (nSPS) is 17.5. The Bertz CT molecular complexity index is 695. The number of hydrogen-bond donors (Lipinski definition) is 0. The monoisotopic (exact) mass is 347 g/mol. The molecule has 0 bridgehead atoms. The molecule has 6 heteroatoms. The molecule has 130 valence electrons. The smallest absolute Gasteiger partial charge is 0.242 e. The molecule has 0 aliphatic carbocycles. The highest BCUT2D eigenvalue weighted by Crippen LogP contribution is 2.20. The Morgan fingerprint density at radius 2 is 2.29 bits per heavy atom. The Morgan fingerprint density at radius 3 is 3.00 bits per heavy atom. The Kier molecular flexibility index (Phi) is 5.79. The first-order chi connectivity index (χ1) is 11.7. The van der Waals surface area contributed by atoms with Gasteiger partial charge >= 0.3 is 0 Å². The third kappa shape index (κ3) is 3.75. The zero-order chi connectivity index (χ0) is 16.9. The van der Waals surface area contributed by atoms with Crippen molar-refractivity contribution in [2.24, 2.45) is 5.92 Å². The van der Waals surface area contributed by atoms with E-state index in [0.717, 1.165) is 55.3 Å². The summed E-state index contributed by atoms with van der Waals surface area (Å²) < 4.78 is 7.51. The van der Waals surface area contributed by atoms with Crippen LogP contribution in [0.4, 0.5) is 0 Å². The van der Waals surface area contributed by atoms with Crippen molar-refractivity contribution in [1.82, 2.24) is 14.5 Å². The first-order valence-electron chi connectivity index (χ1n) is 8.51. The average molecular weight is 347 g/mol. The molecule has 5 nitrogen and oxygen atoms in total. The summed E-state index contributed by atoms with van der Waals surface area (Å²) in [6, 6.07) is 8.04. The molecule has 0 saturated carbocycles. The van der Waals surface area contributed by atoms with Gasteiger partial charge < -0.3 is 14.2 Å². The molecule has 1 aromatic heterocycles. The van der Waals surface area contributed by atoms with E-state index < -0.39 is 0 Å². The lowest BCUT2D eigenvalue weighted by atomic mass is 10.1. The molecule has 2 aromatic rings. The van der Waals surface area contributed by atoms with Gasteiger partial charge in [-0.1, -0.05) is 12.1 Å². The lowest BCUT2D eigenvalue weighted by Gasteiger charge is -2.24. The minimum absolute atomic E-state index is 0.162. The van der Waals surface area contributed by atoms with Gasteiger partial charge in [-0.25, -0.2) is 4.98 Å². The van der Waals surface area contributed by atoms with E-state index in [1.165, 1.54) is 0 Å². The molecule has 1 saturated heterocycles. The van der Waals surface area contributed by atoms with Crippen LogP contribution in [0.25, 0.3) is 11.0 Å². The molecule has 2 heterocycles. The molecule has 0 spiro atoms. The zero-order valence-corrected chi connectivity index (χ0v) is 15.2. The predicted octanol–water partition coefficient (Wildman–Crippen LogP) is 2.78. The second-order valence-electron chi connectivity index (χ2n) is 6.20. The van der Waals surface area contributed by atoms with E-state index in [1.807, 2.05) is 36.1 Å². The summed E-state index contributed by atoms with van der Waals surface area (Å²) in [5, 5.41) is 0. The predicted molar refractivity (Wildman–Crippen MR) is 98.1 cm³/mol. The number of hydrogen-bond acceptors (Lipinski definition) is 4. The Balaban J connectivity index is 1.79. The number of nitrogens with zero attached hydrogens (tertiary/aromatic N) is 3. The van der Waals surface area contributed by atoms with Crippen LogP contribution < -0.4 is 0 Å². The summed E-state index contributed by atoms with van der Waals surface area (Å²) in [7, 11) is 0. The van der Waals surface area contributed by atoms with Crippen LogP contribution in [0.1, 0.15) is 19.2 Å². The number of amides is 1. The van der Waals surface area contributed by atoms with Crippen LogP contribution in [0.5, 0.6) is 0 Å². The Labute approximate surface area is 147 Å². The fourth-order valence-electron chi connectivity index (χ4n) is 3.22. The van der Waals surface area contributed by atoms with Crippen molar-refractivity contribution in [1.29, 1.82) is 0 Å². The summed E-state index contributed by atoms with van der Waals surface area (Å²) in [6.45, 7) is 5.52. The molecule has 0 N–H and O–H groups in total. The lowest BCUT2D eigenvalue weighted by Crippen LogP contribution is -2.37. The van der Waals surface area contributed by atoms with Crippen LogP contribution in [-0.2, 0) is 21.8 Å². The number of carbonyl (C=O) groups is 1. The third-order valence-electron chi connectivity index (χ3n) is 4.54. The highest BCUT2D eigenvalue weighted by atomic mass is 32.2. The molecule has 1 atom stereocenters. The summed E-state index contributed by atoms with van der Waals surface area (Å²) >= 11 is 1.73. The molecular weight excluding hydrogens is 322 g/mol. The number of imidazole rings is 1. The van der Waals surface area contributed by atoms with Gasteiger partial charge in [0.2, 0.25) is 5.91 Å². The van der Waals surface area contributed by atoms with Crippen LogP contribution in [0.3, 0.4) is 0 Å². The van der Waals surface area contributed by atoms with Crippen molar-refractivity contribution in [3.63, 3.8) is 0 Å². The standard InChI is InChI=1S/C18H25N3O2S/c1-3-20(10-14-8-9-23-12-14)18(22)11-21-16-7-5-4-6-15(16)19-17(21)13-24-2/h4-7,14H,3,8-13H2,1-2H3/t14-/m1/s1. The molecule has 1 amide bonds. The highest BCUT2D eigenvalue weighted by molar-refractivity contribution is 7.97. The van der Waals surface area contributed by atoms with Crippen molar-refractivity contribution in [2.75, 3.05) is 32.6 Å². The van der Waals surface area contributed by atoms with E-state index in [4.69, 9.17) is 9.72 Å². The van der Waals surface area contributed by atoms with Crippen molar-refractivity contribution >= 4 is 28.7 Å². The zero-order valence-electron chi connectivity index (χ0n) is 14.4. The second kappa shape index (κ2) is 8.03. The van der Waals surface area contributed by atoms with Gasteiger partial charge in [-0.3, -0.25) is 4.79 Å². The van der Waals surface area contributed by atoms with Crippen molar-refractivity contribution < 1.29 is 9.53 Å². The number of fused-ring (bicyclic) bond motifs is 1. The Morgan fingerprint density at radius 1 is 1.46 bits per heavy atom. The van der Waals surface area contributed by atoms with E-state index in [-0.39, 0.29) is 5.91 Å². The molecule has 1 fully saturated rings. The van der Waals surface area contributed by atoms with Gasteiger partial charge in [0.15, 0.2) is 0 Å². The van der Waals surface area contributed by atoms with Gasteiger partial charge in [-0.2, -0.15) is 11.8 Å². The molecule has 3 rings (SSSR count). The van der Waals surface area contributed by atoms with Crippen molar-refractivity contribution in [2.45, 2.75) is 25.6 Å². The minimum Gasteiger partial charge on any atom is -0.381 e. The van der Waals surface area contributed by atoms with E-state index in [9.17, 15) is 4.79 Å². The maximum absolute atomic E-state index is 12.9. The lowest BCUT2D eigenvalue weighted by molar-refractivity contribution is -0.132. The SMILES string of the molecule is CCN(C[C@H]1CCOC1)C(=O)Cn1c(CSC)nc2ccccc21. The van der Waals surface area contributed by atoms with Crippen LogP contribution >= 0.6 is 11.8 Å². The number of carbonyl (C=O) groups excluding carboxylic acids is 1. The fourth-order valence-corrected chi connectivity index (χ4v) is 3.70. The summed E-state index contributed by atoms with van der Waals surface area (Å²) in [5.41, 5.74) is 2.00. The van der Waals surface area contributed by atoms with Crippen LogP contribution in [0, 0.1) is 5.92 Å². The van der Waals surface area contributed by atoms with Gasteiger partial charge in [0.1, 0.15) is 12.4 Å². The van der Waals surface area contributed by atoms with Gasteiger partial charge in [0, 0.05) is 25.6 Å². The van der Waals surface area contributed by atoms with E-state index >= 15 is 0 Å². The fraction of sp³-hybridized carbons (Fsp3) is 0.556. The number of rotatable bonds is 7. The van der Waals surface area contributed by atoms with E-state index in [0.29, 0.717) is 12.5 Å². The van der Waals surface area contributed by atoms with Gasteiger partial charge in [-0.15, -0.1) is 0 Å². The Hall–Kier alpha value is -1.53. The summed E-state index contributed by atoms with van der Waals surface area (Å²) in [4.78, 5) is 19.5. The van der Waals surface area contributed by atoms with Gasteiger partial charge in [0.05, 0.1) is 23.4 Å². The maximum Gasteiger partial charge on any atom is 0.242 e. The highest BCUT2D eigenvalue weighted by Gasteiger charge is 2.22. The van der Waals surface area contributed by atoms with Crippen molar-refractivity contribution in [3.8, 4) is 0 Å². The number of thioether (sulfide) groups is 1. The summed E-state index contributed by atoms with van der Waals surface area (Å²) in [6.07, 6.45) is 3.11. The number of benzene rings is 1. The molecule has 1 aromatic carbocycles. The van der Waals surface area contributed by atoms with Crippen LogP contribution in [0.15, 0.2) is 24.3 Å². The molecule has 0 radical (unpaired) electrons. The van der Waals surface area contributed by atoms with Crippen molar-refractivity contribution in [3.05, 3.63) is 30.1 Å². The molecule has 24 heavy (non-hydrogen) atoms. The van der Waals surface area contributed by atoms with Crippen LogP contribution in [0.2, 0.25) is 0 Å².